The second-order valence-corrected chi connectivity index (χ2v) is 11.4. The van der Waals surface area contributed by atoms with Crippen molar-refractivity contribution in [2.75, 3.05) is 10.6 Å². The van der Waals surface area contributed by atoms with Gasteiger partial charge in [0.2, 0.25) is 5.91 Å². The van der Waals surface area contributed by atoms with Gasteiger partial charge < -0.3 is 16.0 Å². The number of thioether (sulfide) groups is 1. The number of hydrogen-bond donors (Lipinski definition) is 3. The molecule has 0 saturated carbocycles. The first-order valence-electron chi connectivity index (χ1n) is 12.8. The number of nitrogens with zero attached hydrogens (tertiary/aromatic N) is 1. The second kappa shape index (κ2) is 14.4. The molecule has 0 radical (unpaired) electrons. The van der Waals surface area contributed by atoms with Crippen LogP contribution in [0.3, 0.4) is 0 Å². The molecule has 0 aromatic heterocycles. The predicted molar refractivity (Wildman–Crippen MR) is 168 cm³/mol. The van der Waals surface area contributed by atoms with E-state index in [1.807, 2.05) is 0 Å². The number of rotatable bonds is 10. The molecule has 43 heavy (non-hydrogen) atoms. The zero-order valence-corrected chi connectivity index (χ0v) is 24.9. The molecule has 0 fully saturated rings. The Morgan fingerprint density at radius 1 is 0.930 bits per heavy atom. The number of carbonyl (C=O) groups is 3. The van der Waals surface area contributed by atoms with Gasteiger partial charge in [0.05, 0.1) is 15.9 Å². The van der Waals surface area contributed by atoms with Crippen LogP contribution in [0.5, 0.6) is 0 Å². The van der Waals surface area contributed by atoms with Gasteiger partial charge in [0.1, 0.15) is 11.5 Å². The molecule has 1 atom stereocenters. The van der Waals surface area contributed by atoms with Crippen LogP contribution < -0.4 is 16.0 Å². The van der Waals surface area contributed by atoms with E-state index in [1.165, 1.54) is 54.2 Å². The molecule has 0 bridgehead atoms. The van der Waals surface area contributed by atoms with Crippen LogP contribution in [-0.2, 0) is 9.59 Å². The Hall–Kier alpha value is -4.81. The van der Waals surface area contributed by atoms with E-state index in [1.54, 1.807) is 67.6 Å². The Morgan fingerprint density at radius 2 is 1.65 bits per heavy atom. The van der Waals surface area contributed by atoms with Crippen LogP contribution in [0.2, 0.25) is 0 Å². The first-order valence-corrected chi connectivity index (χ1v) is 14.4. The summed E-state index contributed by atoms with van der Waals surface area (Å²) in [6, 6.07) is 24.9. The highest BCUT2D eigenvalue weighted by molar-refractivity contribution is 9.10. The normalized spacial score (nSPS) is 11.7. The number of non-ortho nitro benzene ring substituents is 1. The molecule has 1 unspecified atom stereocenters. The lowest BCUT2D eigenvalue weighted by Crippen LogP contribution is -2.30. The van der Waals surface area contributed by atoms with Crippen molar-refractivity contribution < 1.29 is 23.7 Å². The van der Waals surface area contributed by atoms with Gasteiger partial charge in [-0.1, -0.05) is 40.2 Å². The number of anilines is 2. The zero-order valence-electron chi connectivity index (χ0n) is 22.5. The van der Waals surface area contributed by atoms with Gasteiger partial charge in [-0.3, -0.25) is 24.5 Å². The summed E-state index contributed by atoms with van der Waals surface area (Å²) in [7, 11) is 0. The number of benzene rings is 4. The minimum absolute atomic E-state index is 0.0616. The summed E-state index contributed by atoms with van der Waals surface area (Å²) in [5.41, 5.74) is 1.03. The molecule has 4 aromatic carbocycles. The van der Waals surface area contributed by atoms with Crippen molar-refractivity contribution in [1.82, 2.24) is 5.32 Å². The van der Waals surface area contributed by atoms with Crippen molar-refractivity contribution in [1.29, 1.82) is 0 Å². The SMILES string of the molecule is CC(Sc1cccc(NC(=O)/C(=C\c2ccc([N+](=O)[O-])cc2)NC(=O)c2ccccc2)c1)C(=O)Nc1ccc(Br)cc1F. The molecular weight excluding hydrogens is 639 g/mol. The molecule has 9 nitrogen and oxygen atoms in total. The van der Waals surface area contributed by atoms with Crippen LogP contribution in [0.1, 0.15) is 22.8 Å². The third-order valence-corrected chi connectivity index (χ3v) is 7.49. The van der Waals surface area contributed by atoms with Crippen LogP contribution in [0.15, 0.2) is 112 Å². The summed E-state index contributed by atoms with van der Waals surface area (Å²) >= 11 is 4.39. The quantitative estimate of drug-likeness (QED) is 0.0724. The predicted octanol–water partition coefficient (Wildman–Crippen LogP) is 7.03. The molecule has 4 aromatic rings. The Kier molecular flexibility index (Phi) is 10.4. The Labute approximate surface area is 258 Å². The summed E-state index contributed by atoms with van der Waals surface area (Å²) in [6.07, 6.45) is 1.41. The zero-order chi connectivity index (χ0) is 30.9. The standard InChI is InChI=1S/C31H24BrFN4O5S/c1-19(29(38)35-27-15-12-22(32)17-26(27)33)43-25-9-5-8-23(18-25)34-31(40)28(36-30(39)21-6-3-2-4-7-21)16-20-10-13-24(14-11-20)37(41)42/h2-19H,1H3,(H,34,40)(H,35,38)(H,36,39)/b28-16+. The van der Waals surface area contributed by atoms with Gasteiger partial charge in [0.25, 0.3) is 17.5 Å². The van der Waals surface area contributed by atoms with Crippen molar-refractivity contribution in [2.45, 2.75) is 17.1 Å². The summed E-state index contributed by atoms with van der Waals surface area (Å²) in [5, 5.41) is 18.4. The van der Waals surface area contributed by atoms with Gasteiger partial charge in [0.15, 0.2) is 0 Å². The van der Waals surface area contributed by atoms with E-state index in [9.17, 15) is 28.9 Å². The lowest BCUT2D eigenvalue weighted by molar-refractivity contribution is -0.384. The largest absolute Gasteiger partial charge is 0.323 e. The summed E-state index contributed by atoms with van der Waals surface area (Å²) in [5.74, 6) is -2.13. The first kappa shape index (κ1) is 31.1. The summed E-state index contributed by atoms with van der Waals surface area (Å²) < 4.78 is 14.7. The molecular formula is C31H24BrFN4O5S. The number of carbonyl (C=O) groups excluding carboxylic acids is 3. The van der Waals surface area contributed by atoms with E-state index in [2.05, 4.69) is 31.9 Å². The number of hydrogen-bond acceptors (Lipinski definition) is 6. The second-order valence-electron chi connectivity index (χ2n) is 9.08. The smallest absolute Gasteiger partial charge is 0.272 e. The minimum Gasteiger partial charge on any atom is -0.323 e. The lowest BCUT2D eigenvalue weighted by Gasteiger charge is -2.14. The van der Waals surface area contributed by atoms with Crippen molar-refractivity contribution in [2.24, 2.45) is 0 Å². The average molecular weight is 664 g/mol. The fourth-order valence-electron chi connectivity index (χ4n) is 3.73. The van der Waals surface area contributed by atoms with Gasteiger partial charge in [-0.2, -0.15) is 0 Å². The van der Waals surface area contributed by atoms with Crippen LogP contribution in [0, 0.1) is 15.9 Å². The number of nitro benzene ring substituents is 1. The molecule has 0 saturated heterocycles. The topological polar surface area (TPSA) is 130 Å². The highest BCUT2D eigenvalue weighted by atomic mass is 79.9. The van der Waals surface area contributed by atoms with Crippen LogP contribution in [-0.4, -0.2) is 27.9 Å². The number of nitro groups is 1. The third-order valence-electron chi connectivity index (χ3n) is 5.91. The van der Waals surface area contributed by atoms with E-state index >= 15 is 0 Å². The highest BCUT2D eigenvalue weighted by Crippen LogP contribution is 2.28. The Balaban J connectivity index is 1.49. The van der Waals surface area contributed by atoms with Crippen molar-refractivity contribution in [3.8, 4) is 0 Å². The Bertz CT molecular complexity index is 1700. The van der Waals surface area contributed by atoms with Gasteiger partial charge in [0, 0.05) is 32.8 Å². The van der Waals surface area contributed by atoms with E-state index in [0.717, 1.165) is 0 Å². The van der Waals surface area contributed by atoms with E-state index in [0.29, 0.717) is 26.2 Å². The molecule has 218 valence electrons. The summed E-state index contributed by atoms with van der Waals surface area (Å²) in [4.78, 5) is 50.0. The third kappa shape index (κ3) is 8.84. The lowest BCUT2D eigenvalue weighted by atomic mass is 10.1. The maximum Gasteiger partial charge on any atom is 0.272 e. The Morgan fingerprint density at radius 3 is 2.33 bits per heavy atom. The van der Waals surface area contributed by atoms with E-state index < -0.39 is 33.7 Å². The van der Waals surface area contributed by atoms with Gasteiger partial charge in [-0.25, -0.2) is 4.39 Å². The maximum absolute atomic E-state index is 14.2. The van der Waals surface area contributed by atoms with Crippen LogP contribution in [0.4, 0.5) is 21.5 Å². The monoisotopic (exact) mass is 662 g/mol. The molecule has 12 heteroatoms. The highest BCUT2D eigenvalue weighted by Gasteiger charge is 2.18. The fourth-order valence-corrected chi connectivity index (χ4v) is 4.99. The molecule has 0 aliphatic carbocycles. The molecule has 3 N–H and O–H groups in total. The summed E-state index contributed by atoms with van der Waals surface area (Å²) in [6.45, 7) is 1.67. The van der Waals surface area contributed by atoms with Crippen molar-refractivity contribution in [3.63, 3.8) is 0 Å². The van der Waals surface area contributed by atoms with Crippen molar-refractivity contribution in [3.05, 3.63) is 134 Å². The average Bonchev–Trinajstić information content (AvgIpc) is 2.99. The van der Waals surface area contributed by atoms with Crippen LogP contribution >= 0.6 is 27.7 Å². The first-order chi connectivity index (χ1) is 20.6. The molecule has 0 aliphatic rings. The number of nitrogens with one attached hydrogen (secondary N) is 3. The molecule has 4 rings (SSSR count). The maximum atomic E-state index is 14.2. The fraction of sp³-hybridized carbons (Fsp3) is 0.0645. The van der Waals surface area contributed by atoms with Crippen molar-refractivity contribution >= 4 is 68.6 Å². The van der Waals surface area contributed by atoms with E-state index in [4.69, 9.17) is 0 Å². The van der Waals surface area contributed by atoms with Gasteiger partial charge in [-0.15, -0.1) is 11.8 Å². The molecule has 0 heterocycles. The molecule has 3 amide bonds. The number of amides is 3. The van der Waals surface area contributed by atoms with E-state index in [-0.39, 0.29) is 17.1 Å². The van der Waals surface area contributed by atoms with Gasteiger partial charge >= 0.3 is 0 Å². The minimum atomic E-state index is -0.638. The van der Waals surface area contributed by atoms with Crippen LogP contribution in [0.25, 0.3) is 6.08 Å². The number of halogens is 2. The molecule has 0 aliphatic heterocycles. The van der Waals surface area contributed by atoms with Gasteiger partial charge in [-0.05, 0) is 79.2 Å². The molecule has 0 spiro atoms.